The third-order valence-electron chi connectivity index (χ3n) is 1.40. The van der Waals surface area contributed by atoms with E-state index in [9.17, 15) is 4.79 Å². The molecule has 0 spiro atoms. The second-order valence-electron chi connectivity index (χ2n) is 3.17. The summed E-state index contributed by atoms with van der Waals surface area (Å²) in [4.78, 5) is 15.1. The third kappa shape index (κ3) is 3.38. The van der Waals surface area contributed by atoms with Crippen LogP contribution in [0.3, 0.4) is 0 Å². The van der Waals surface area contributed by atoms with E-state index >= 15 is 0 Å². The maximum Gasteiger partial charge on any atom is 0.246 e. The molecule has 0 aliphatic heterocycles. The fourth-order valence-corrected chi connectivity index (χ4v) is 0.888. The Morgan fingerprint density at radius 2 is 2.29 bits per heavy atom. The van der Waals surface area contributed by atoms with E-state index in [0.717, 1.165) is 5.57 Å². The Bertz CT molecular complexity index is 351. The van der Waals surface area contributed by atoms with E-state index in [1.807, 2.05) is 13.8 Å². The van der Waals surface area contributed by atoms with Crippen molar-refractivity contribution >= 4 is 5.91 Å². The number of carbonyl (C=O) groups is 1. The highest BCUT2D eigenvalue weighted by Crippen LogP contribution is 1.95. The summed E-state index contributed by atoms with van der Waals surface area (Å²) in [6, 6.07) is 0. The highest BCUT2D eigenvalue weighted by molar-refractivity contribution is 5.87. The predicted octanol–water partition coefficient (Wildman–Crippen LogP) is 0.960. The van der Waals surface area contributed by atoms with E-state index in [1.54, 1.807) is 6.92 Å². The van der Waals surface area contributed by atoms with E-state index in [0.29, 0.717) is 11.7 Å². The van der Waals surface area contributed by atoms with Gasteiger partial charge in [0, 0.05) is 6.08 Å². The predicted molar refractivity (Wildman–Crippen MR) is 50.3 cm³/mol. The lowest BCUT2D eigenvalue weighted by molar-refractivity contribution is -0.116. The molecule has 1 amide bonds. The van der Waals surface area contributed by atoms with Crippen molar-refractivity contribution in [2.24, 2.45) is 0 Å². The van der Waals surface area contributed by atoms with Gasteiger partial charge in [-0.25, -0.2) is 0 Å². The fraction of sp³-hybridized carbons (Fsp3) is 0.444. The van der Waals surface area contributed by atoms with Gasteiger partial charge in [0.1, 0.15) is 0 Å². The van der Waals surface area contributed by atoms with Gasteiger partial charge in [-0.05, 0) is 20.8 Å². The summed E-state index contributed by atoms with van der Waals surface area (Å²) in [7, 11) is 0. The lowest BCUT2D eigenvalue weighted by Gasteiger charge is -1.96. The molecule has 1 rings (SSSR count). The largest absolute Gasteiger partial charge is 0.343 e. The van der Waals surface area contributed by atoms with Gasteiger partial charge in [-0.2, -0.15) is 4.98 Å². The normalized spacial score (nSPS) is 9.64. The first-order valence-corrected chi connectivity index (χ1v) is 4.30. The zero-order valence-corrected chi connectivity index (χ0v) is 8.50. The summed E-state index contributed by atoms with van der Waals surface area (Å²) >= 11 is 0. The Labute approximate surface area is 82.2 Å². The lowest BCUT2D eigenvalue weighted by atomic mass is 10.3. The van der Waals surface area contributed by atoms with Gasteiger partial charge in [-0.3, -0.25) is 4.79 Å². The first kappa shape index (κ1) is 10.4. The molecule has 0 aromatic carbocycles. The van der Waals surface area contributed by atoms with E-state index < -0.39 is 0 Å². The summed E-state index contributed by atoms with van der Waals surface area (Å²) in [5, 5.41) is 6.23. The highest BCUT2D eigenvalue weighted by Gasteiger charge is 2.03. The van der Waals surface area contributed by atoms with Gasteiger partial charge in [0.25, 0.3) is 0 Å². The van der Waals surface area contributed by atoms with E-state index in [4.69, 9.17) is 4.52 Å². The minimum atomic E-state index is -0.152. The molecule has 76 valence electrons. The van der Waals surface area contributed by atoms with Crippen molar-refractivity contribution in [2.75, 3.05) is 0 Å². The van der Waals surface area contributed by atoms with Gasteiger partial charge < -0.3 is 9.84 Å². The maximum absolute atomic E-state index is 11.2. The van der Waals surface area contributed by atoms with Gasteiger partial charge in [0.05, 0.1) is 6.54 Å². The minimum absolute atomic E-state index is 0.152. The number of carbonyl (C=O) groups excluding carboxylic acids is 1. The Morgan fingerprint density at radius 1 is 1.57 bits per heavy atom. The average Bonchev–Trinajstić information content (AvgIpc) is 2.47. The van der Waals surface area contributed by atoms with Gasteiger partial charge in [0.2, 0.25) is 11.8 Å². The SMILES string of the molecule is CC(C)=CC(=O)NCc1nc(C)no1. The fourth-order valence-electron chi connectivity index (χ4n) is 0.888. The Balaban J connectivity index is 2.41. The highest BCUT2D eigenvalue weighted by atomic mass is 16.5. The molecule has 0 fully saturated rings. The van der Waals surface area contributed by atoms with Crippen LogP contribution in [0.15, 0.2) is 16.2 Å². The summed E-state index contributed by atoms with van der Waals surface area (Å²) in [6.45, 7) is 5.71. The average molecular weight is 195 g/mol. The van der Waals surface area contributed by atoms with Crippen LogP contribution in [0.4, 0.5) is 0 Å². The molecule has 14 heavy (non-hydrogen) atoms. The van der Waals surface area contributed by atoms with Crippen molar-refractivity contribution < 1.29 is 9.32 Å². The zero-order chi connectivity index (χ0) is 10.6. The summed E-state index contributed by atoms with van der Waals surface area (Å²) in [6.07, 6.45) is 1.52. The van der Waals surface area contributed by atoms with Crippen LogP contribution >= 0.6 is 0 Å². The van der Waals surface area contributed by atoms with Crippen LogP contribution in [0, 0.1) is 6.92 Å². The number of hydrogen-bond acceptors (Lipinski definition) is 4. The Hall–Kier alpha value is -1.65. The minimum Gasteiger partial charge on any atom is -0.343 e. The summed E-state index contributed by atoms with van der Waals surface area (Å²) in [5.41, 5.74) is 0.948. The number of aryl methyl sites for hydroxylation is 1. The van der Waals surface area contributed by atoms with Crippen LogP contribution in [0.5, 0.6) is 0 Å². The van der Waals surface area contributed by atoms with Gasteiger partial charge >= 0.3 is 0 Å². The lowest BCUT2D eigenvalue weighted by Crippen LogP contribution is -2.20. The van der Waals surface area contributed by atoms with Crippen molar-refractivity contribution in [1.29, 1.82) is 0 Å². The molecule has 0 radical (unpaired) electrons. The Morgan fingerprint density at radius 3 is 2.79 bits per heavy atom. The second-order valence-corrected chi connectivity index (χ2v) is 3.17. The molecule has 5 nitrogen and oxygen atoms in total. The monoisotopic (exact) mass is 195 g/mol. The molecule has 0 atom stereocenters. The molecule has 0 bridgehead atoms. The molecule has 0 saturated carbocycles. The number of nitrogens with one attached hydrogen (secondary N) is 1. The molecular formula is C9H13N3O2. The van der Waals surface area contributed by atoms with Crippen molar-refractivity contribution in [3.8, 4) is 0 Å². The van der Waals surface area contributed by atoms with Crippen molar-refractivity contribution in [1.82, 2.24) is 15.5 Å². The molecule has 5 heteroatoms. The smallest absolute Gasteiger partial charge is 0.246 e. The number of aromatic nitrogens is 2. The van der Waals surface area contributed by atoms with Crippen LogP contribution in [0.25, 0.3) is 0 Å². The van der Waals surface area contributed by atoms with E-state index in [-0.39, 0.29) is 12.5 Å². The maximum atomic E-state index is 11.2. The Kier molecular flexibility index (Phi) is 3.39. The van der Waals surface area contributed by atoms with E-state index in [1.165, 1.54) is 6.08 Å². The summed E-state index contributed by atoms with van der Waals surface area (Å²) in [5.74, 6) is 0.829. The topological polar surface area (TPSA) is 68.0 Å². The number of allylic oxidation sites excluding steroid dienone is 1. The molecule has 1 aromatic heterocycles. The number of rotatable bonds is 3. The van der Waals surface area contributed by atoms with Crippen LogP contribution in [-0.4, -0.2) is 16.0 Å². The summed E-state index contributed by atoms with van der Waals surface area (Å²) < 4.78 is 4.82. The van der Waals surface area contributed by atoms with Crippen molar-refractivity contribution in [3.63, 3.8) is 0 Å². The molecule has 1 N–H and O–H groups in total. The standard InChI is InChI=1S/C9H13N3O2/c1-6(2)4-8(13)10-5-9-11-7(3)12-14-9/h4H,5H2,1-3H3,(H,10,13). The molecule has 0 unspecified atom stereocenters. The first-order valence-electron chi connectivity index (χ1n) is 4.30. The molecular weight excluding hydrogens is 182 g/mol. The van der Waals surface area contributed by atoms with Crippen molar-refractivity contribution in [3.05, 3.63) is 23.4 Å². The molecule has 0 aliphatic carbocycles. The molecule has 0 aliphatic rings. The van der Waals surface area contributed by atoms with E-state index in [2.05, 4.69) is 15.5 Å². The second kappa shape index (κ2) is 4.55. The van der Waals surface area contributed by atoms with Gasteiger partial charge in [0.15, 0.2) is 5.82 Å². The molecule has 1 aromatic rings. The van der Waals surface area contributed by atoms with Gasteiger partial charge in [-0.1, -0.05) is 10.7 Å². The van der Waals surface area contributed by atoms with Crippen LogP contribution in [0.2, 0.25) is 0 Å². The zero-order valence-electron chi connectivity index (χ0n) is 8.50. The number of hydrogen-bond donors (Lipinski definition) is 1. The first-order chi connectivity index (χ1) is 6.58. The third-order valence-corrected chi connectivity index (χ3v) is 1.40. The number of nitrogens with zero attached hydrogens (tertiary/aromatic N) is 2. The molecule has 1 heterocycles. The van der Waals surface area contributed by atoms with Crippen LogP contribution in [0.1, 0.15) is 25.6 Å². The van der Waals surface area contributed by atoms with Crippen LogP contribution in [-0.2, 0) is 11.3 Å². The van der Waals surface area contributed by atoms with Gasteiger partial charge in [-0.15, -0.1) is 0 Å². The molecule has 0 saturated heterocycles. The van der Waals surface area contributed by atoms with Crippen molar-refractivity contribution in [2.45, 2.75) is 27.3 Å². The number of amides is 1. The van der Waals surface area contributed by atoms with Crippen LogP contribution < -0.4 is 5.32 Å². The quantitative estimate of drug-likeness (QED) is 0.729.